The third-order valence-electron chi connectivity index (χ3n) is 3.65. The van der Waals surface area contributed by atoms with Crippen LogP contribution < -0.4 is 5.73 Å². The van der Waals surface area contributed by atoms with Crippen LogP contribution in [0.3, 0.4) is 0 Å². The predicted molar refractivity (Wildman–Crippen MR) is 81.3 cm³/mol. The first kappa shape index (κ1) is 16.6. The molecule has 2 rings (SSSR count). The van der Waals surface area contributed by atoms with Gasteiger partial charge in [-0.25, -0.2) is 0 Å². The predicted octanol–water partition coefficient (Wildman–Crippen LogP) is 0.142. The molecule has 23 heavy (non-hydrogen) atoms. The van der Waals surface area contributed by atoms with E-state index in [0.717, 1.165) is 5.56 Å². The monoisotopic (exact) mass is 319 g/mol. The molecule has 1 aliphatic rings. The van der Waals surface area contributed by atoms with Crippen molar-refractivity contribution in [3.63, 3.8) is 0 Å². The van der Waals surface area contributed by atoms with Gasteiger partial charge < -0.3 is 15.7 Å². The SMILES string of the molecule is NC(=O)C(O)CC1=CCN(CCc2cccc([N+](=O)[O-])c2)C1=O. The molecule has 122 valence electrons. The van der Waals surface area contributed by atoms with E-state index in [1.807, 2.05) is 0 Å². The van der Waals surface area contributed by atoms with Crippen LogP contribution >= 0.6 is 0 Å². The molecule has 8 heteroatoms. The maximum absolute atomic E-state index is 12.1. The van der Waals surface area contributed by atoms with E-state index in [0.29, 0.717) is 25.1 Å². The standard InChI is InChI=1S/C15H17N3O5/c16-14(20)13(19)9-11-5-7-17(15(11)21)6-4-10-2-1-3-12(8-10)18(22)23/h1-3,5,8,13,19H,4,6-7,9H2,(H2,16,20). The van der Waals surface area contributed by atoms with Gasteiger partial charge in [-0.3, -0.25) is 19.7 Å². The van der Waals surface area contributed by atoms with Crippen LogP contribution in [0.15, 0.2) is 35.9 Å². The van der Waals surface area contributed by atoms with E-state index in [1.165, 1.54) is 12.1 Å². The fraction of sp³-hybridized carbons (Fsp3) is 0.333. The summed E-state index contributed by atoms with van der Waals surface area (Å²) in [7, 11) is 0. The van der Waals surface area contributed by atoms with Gasteiger partial charge in [0.15, 0.2) is 0 Å². The van der Waals surface area contributed by atoms with Crippen LogP contribution in [-0.4, -0.2) is 45.9 Å². The van der Waals surface area contributed by atoms with Crippen molar-refractivity contribution in [2.24, 2.45) is 5.73 Å². The maximum Gasteiger partial charge on any atom is 0.269 e. The summed E-state index contributed by atoms with van der Waals surface area (Å²) >= 11 is 0. The Balaban J connectivity index is 1.91. The van der Waals surface area contributed by atoms with Gasteiger partial charge in [-0.05, 0) is 12.0 Å². The van der Waals surface area contributed by atoms with Crippen LogP contribution in [0.1, 0.15) is 12.0 Å². The second kappa shape index (κ2) is 7.01. The van der Waals surface area contributed by atoms with Crippen LogP contribution in [0.2, 0.25) is 0 Å². The highest BCUT2D eigenvalue weighted by Gasteiger charge is 2.26. The summed E-state index contributed by atoms with van der Waals surface area (Å²) in [4.78, 5) is 34.8. The molecule has 1 aliphatic heterocycles. The number of primary amides is 1. The van der Waals surface area contributed by atoms with Crippen molar-refractivity contribution in [2.75, 3.05) is 13.1 Å². The molecule has 1 unspecified atom stereocenters. The lowest BCUT2D eigenvalue weighted by Crippen LogP contribution is -2.32. The van der Waals surface area contributed by atoms with E-state index >= 15 is 0 Å². The van der Waals surface area contributed by atoms with Gasteiger partial charge in [0.05, 0.1) is 4.92 Å². The zero-order valence-corrected chi connectivity index (χ0v) is 12.3. The number of nitrogens with two attached hydrogens (primary N) is 1. The number of aliphatic hydroxyl groups is 1. The molecule has 0 spiro atoms. The maximum atomic E-state index is 12.1. The summed E-state index contributed by atoms with van der Waals surface area (Å²) in [6, 6.07) is 6.26. The zero-order chi connectivity index (χ0) is 17.0. The Hall–Kier alpha value is -2.74. The Morgan fingerprint density at radius 1 is 1.48 bits per heavy atom. The molecular weight excluding hydrogens is 302 g/mol. The minimum Gasteiger partial charge on any atom is -0.383 e. The van der Waals surface area contributed by atoms with Gasteiger partial charge in [-0.1, -0.05) is 18.2 Å². The Morgan fingerprint density at radius 3 is 2.87 bits per heavy atom. The molecule has 1 atom stereocenters. The lowest BCUT2D eigenvalue weighted by atomic mass is 10.1. The number of carbonyl (C=O) groups excluding carboxylic acids is 2. The molecule has 0 aromatic heterocycles. The summed E-state index contributed by atoms with van der Waals surface area (Å²) in [5.74, 6) is -1.12. The molecule has 0 aliphatic carbocycles. The topological polar surface area (TPSA) is 127 Å². The van der Waals surface area contributed by atoms with Gasteiger partial charge in [-0.2, -0.15) is 0 Å². The number of carbonyl (C=O) groups is 2. The number of nitrogens with zero attached hydrogens (tertiary/aromatic N) is 2. The smallest absolute Gasteiger partial charge is 0.269 e. The van der Waals surface area contributed by atoms with E-state index < -0.39 is 16.9 Å². The Labute approximate surface area is 132 Å². The van der Waals surface area contributed by atoms with E-state index in [4.69, 9.17) is 5.73 Å². The van der Waals surface area contributed by atoms with Crippen LogP contribution in [0.5, 0.6) is 0 Å². The van der Waals surface area contributed by atoms with Gasteiger partial charge in [-0.15, -0.1) is 0 Å². The lowest BCUT2D eigenvalue weighted by Gasteiger charge is -2.17. The number of amides is 2. The first-order chi connectivity index (χ1) is 10.9. The number of nitro benzene ring substituents is 1. The summed E-state index contributed by atoms with van der Waals surface area (Å²) in [6.07, 6.45) is 0.665. The van der Waals surface area contributed by atoms with Crippen molar-refractivity contribution < 1.29 is 19.6 Å². The second-order valence-electron chi connectivity index (χ2n) is 5.28. The number of hydrogen-bond donors (Lipinski definition) is 2. The summed E-state index contributed by atoms with van der Waals surface area (Å²) in [5.41, 5.74) is 6.10. The minimum absolute atomic E-state index is 0.0126. The molecule has 1 aromatic rings. The van der Waals surface area contributed by atoms with E-state index in [2.05, 4.69) is 0 Å². The lowest BCUT2D eigenvalue weighted by molar-refractivity contribution is -0.384. The first-order valence-electron chi connectivity index (χ1n) is 7.07. The van der Waals surface area contributed by atoms with E-state index in [-0.39, 0.29) is 18.0 Å². The quantitative estimate of drug-likeness (QED) is 0.546. The fourth-order valence-electron chi connectivity index (χ4n) is 2.36. The normalized spacial score (nSPS) is 15.4. The Bertz CT molecular complexity index is 671. The van der Waals surface area contributed by atoms with Gasteiger partial charge >= 0.3 is 0 Å². The van der Waals surface area contributed by atoms with Crippen LogP contribution in [-0.2, 0) is 16.0 Å². The molecule has 0 saturated heterocycles. The Kier molecular flexibility index (Phi) is 5.07. The molecule has 2 amide bonds. The molecule has 1 aromatic carbocycles. The van der Waals surface area contributed by atoms with Gasteiger partial charge in [0, 0.05) is 37.2 Å². The Morgan fingerprint density at radius 2 is 2.22 bits per heavy atom. The summed E-state index contributed by atoms with van der Waals surface area (Å²) in [6.45, 7) is 0.779. The first-order valence-corrected chi connectivity index (χ1v) is 7.07. The highest BCUT2D eigenvalue weighted by atomic mass is 16.6. The summed E-state index contributed by atoms with van der Waals surface area (Å²) in [5, 5.41) is 20.2. The van der Waals surface area contributed by atoms with Crippen molar-refractivity contribution >= 4 is 17.5 Å². The third-order valence-corrected chi connectivity index (χ3v) is 3.65. The van der Waals surface area contributed by atoms with Crippen molar-refractivity contribution in [2.45, 2.75) is 18.9 Å². The van der Waals surface area contributed by atoms with Crippen molar-refractivity contribution in [3.8, 4) is 0 Å². The van der Waals surface area contributed by atoms with Gasteiger partial charge in [0.25, 0.3) is 5.69 Å². The van der Waals surface area contributed by atoms with Crippen molar-refractivity contribution in [1.82, 2.24) is 4.90 Å². The number of benzene rings is 1. The zero-order valence-electron chi connectivity index (χ0n) is 12.3. The molecule has 3 N–H and O–H groups in total. The average Bonchev–Trinajstić information content (AvgIpc) is 2.86. The van der Waals surface area contributed by atoms with Gasteiger partial charge in [0.1, 0.15) is 6.10 Å². The van der Waals surface area contributed by atoms with Crippen LogP contribution in [0.25, 0.3) is 0 Å². The number of hydrogen-bond acceptors (Lipinski definition) is 5. The van der Waals surface area contributed by atoms with Crippen molar-refractivity contribution in [3.05, 3.63) is 51.6 Å². The van der Waals surface area contributed by atoms with Crippen molar-refractivity contribution in [1.29, 1.82) is 0 Å². The molecular formula is C15H17N3O5. The van der Waals surface area contributed by atoms with Gasteiger partial charge in [0.2, 0.25) is 11.8 Å². The number of non-ortho nitro benzene ring substituents is 1. The highest BCUT2D eigenvalue weighted by molar-refractivity contribution is 5.96. The molecule has 0 bridgehead atoms. The third kappa shape index (κ3) is 4.13. The highest BCUT2D eigenvalue weighted by Crippen LogP contribution is 2.18. The number of aliphatic hydroxyl groups excluding tert-OH is 1. The largest absolute Gasteiger partial charge is 0.383 e. The number of rotatable bonds is 7. The van der Waals surface area contributed by atoms with Crippen LogP contribution in [0.4, 0.5) is 5.69 Å². The average molecular weight is 319 g/mol. The van der Waals surface area contributed by atoms with Crippen LogP contribution in [0, 0.1) is 10.1 Å². The fourth-order valence-corrected chi connectivity index (χ4v) is 2.36. The number of nitro groups is 1. The molecule has 1 heterocycles. The summed E-state index contributed by atoms with van der Waals surface area (Å²) < 4.78 is 0. The molecule has 0 fully saturated rings. The molecule has 0 radical (unpaired) electrons. The van der Waals surface area contributed by atoms with E-state index in [1.54, 1.807) is 23.1 Å². The second-order valence-corrected chi connectivity index (χ2v) is 5.28. The molecule has 0 saturated carbocycles. The van der Waals surface area contributed by atoms with E-state index in [9.17, 15) is 24.8 Å². The minimum atomic E-state index is -1.37. The molecule has 8 nitrogen and oxygen atoms in total.